The Hall–Kier alpha value is -2.38. The number of anilines is 1. The van der Waals surface area contributed by atoms with Gasteiger partial charge in [0.25, 0.3) is 5.91 Å². The van der Waals surface area contributed by atoms with Crippen molar-refractivity contribution in [3.63, 3.8) is 0 Å². The van der Waals surface area contributed by atoms with Crippen LogP contribution < -0.4 is 11.1 Å². The lowest BCUT2D eigenvalue weighted by molar-refractivity contribution is 0.100. The van der Waals surface area contributed by atoms with Gasteiger partial charge in [-0.1, -0.05) is 50.0 Å². The quantitative estimate of drug-likeness (QED) is 0.590. The van der Waals surface area contributed by atoms with Crippen LogP contribution in [0.15, 0.2) is 24.4 Å². The number of nitrogens with two attached hydrogens (primary N) is 1. The van der Waals surface area contributed by atoms with Crippen molar-refractivity contribution in [1.29, 1.82) is 0 Å². The zero-order chi connectivity index (χ0) is 20.8. The second kappa shape index (κ2) is 7.22. The summed E-state index contributed by atoms with van der Waals surface area (Å²) in [6, 6.07) is 4.29. The summed E-state index contributed by atoms with van der Waals surface area (Å²) in [5.74, 6) is -0.869. The summed E-state index contributed by atoms with van der Waals surface area (Å²) in [6.07, 6.45) is 1.31. The van der Waals surface area contributed by atoms with Gasteiger partial charge in [-0.15, -0.1) is 0 Å². The number of fused-ring (bicyclic) bond motifs is 1. The summed E-state index contributed by atoms with van der Waals surface area (Å²) in [7, 11) is 0. The number of carbonyl (C=O) groups excluding carboxylic acids is 1. The van der Waals surface area contributed by atoms with Crippen LogP contribution in [-0.2, 0) is 0 Å². The second-order valence-corrected chi connectivity index (χ2v) is 8.38. The summed E-state index contributed by atoms with van der Waals surface area (Å²) in [6.45, 7) is 8.14. The molecular formula is C19H20Cl2FN5O. The molecule has 28 heavy (non-hydrogen) atoms. The molecule has 0 saturated carbocycles. The van der Waals surface area contributed by atoms with E-state index in [0.717, 1.165) is 0 Å². The Morgan fingerprint density at radius 1 is 1.29 bits per heavy atom. The first-order valence-electron chi connectivity index (χ1n) is 8.60. The molecule has 3 aromatic rings. The number of primary amides is 1. The number of aromatic nitrogens is 3. The Morgan fingerprint density at radius 3 is 2.54 bits per heavy atom. The molecule has 0 spiro atoms. The van der Waals surface area contributed by atoms with E-state index in [1.54, 1.807) is 6.07 Å². The number of amides is 1. The second-order valence-electron chi connectivity index (χ2n) is 7.61. The fourth-order valence-corrected chi connectivity index (χ4v) is 3.17. The third-order valence-electron chi connectivity index (χ3n) is 4.73. The minimum Gasteiger partial charge on any atom is -0.366 e. The Balaban J connectivity index is 2.38. The summed E-state index contributed by atoms with van der Waals surface area (Å²) in [4.78, 5) is 16.0. The highest BCUT2D eigenvalue weighted by Crippen LogP contribution is 2.41. The van der Waals surface area contributed by atoms with Gasteiger partial charge in [0.2, 0.25) is 0 Å². The van der Waals surface area contributed by atoms with Crippen LogP contribution >= 0.6 is 23.2 Å². The van der Waals surface area contributed by atoms with Crippen LogP contribution in [0.25, 0.3) is 16.8 Å². The molecule has 3 N–H and O–H groups in total. The van der Waals surface area contributed by atoms with Crippen LogP contribution in [0.2, 0.25) is 10.2 Å². The largest absolute Gasteiger partial charge is 0.366 e. The van der Waals surface area contributed by atoms with Gasteiger partial charge in [0, 0.05) is 11.6 Å². The molecule has 1 unspecified atom stereocenters. The molecule has 2 aromatic heterocycles. The summed E-state index contributed by atoms with van der Waals surface area (Å²) < 4.78 is 16.1. The molecule has 0 fully saturated rings. The van der Waals surface area contributed by atoms with E-state index in [-0.39, 0.29) is 44.0 Å². The number of nitrogens with zero attached hydrogens (tertiary/aromatic N) is 3. The minimum absolute atomic E-state index is 0.0221. The number of nitrogens with one attached hydrogen (secondary N) is 1. The first-order chi connectivity index (χ1) is 13.0. The molecule has 0 aliphatic heterocycles. The van der Waals surface area contributed by atoms with Crippen LogP contribution in [-0.4, -0.2) is 26.5 Å². The van der Waals surface area contributed by atoms with E-state index in [2.05, 4.69) is 36.2 Å². The zero-order valence-electron chi connectivity index (χ0n) is 15.8. The molecule has 1 amide bonds. The molecule has 0 aliphatic rings. The zero-order valence-corrected chi connectivity index (χ0v) is 17.4. The molecule has 0 bridgehead atoms. The molecule has 3 rings (SSSR count). The van der Waals surface area contributed by atoms with E-state index in [0.29, 0.717) is 5.82 Å². The lowest BCUT2D eigenvalue weighted by atomic mass is 9.88. The van der Waals surface area contributed by atoms with Crippen LogP contribution in [0.4, 0.5) is 10.2 Å². The Bertz CT molecular complexity index is 1050. The Kier molecular flexibility index (Phi) is 5.25. The van der Waals surface area contributed by atoms with Crippen molar-refractivity contribution in [3.05, 3.63) is 46.0 Å². The molecule has 1 atom stereocenters. The van der Waals surface area contributed by atoms with Crippen LogP contribution in [0.3, 0.4) is 0 Å². The fraction of sp³-hybridized carbons (Fsp3) is 0.316. The highest BCUT2D eigenvalue weighted by molar-refractivity contribution is 6.36. The smallest absolute Gasteiger partial charge is 0.254 e. The van der Waals surface area contributed by atoms with E-state index in [9.17, 15) is 9.18 Å². The van der Waals surface area contributed by atoms with Crippen molar-refractivity contribution >= 4 is 40.6 Å². The van der Waals surface area contributed by atoms with E-state index < -0.39 is 11.7 Å². The number of halogens is 3. The van der Waals surface area contributed by atoms with Gasteiger partial charge >= 0.3 is 0 Å². The standard InChI is InChI=1S/C19H20Cl2FN5O/c1-9(19(2,3)4)25-18-14(13-11(20)6-5-7-12(13)22)15(21)26-17-10(16(23)28)8-24-27(17)18/h5-9,25H,1-4H3,(H2,23,28). The average Bonchev–Trinajstić information content (AvgIpc) is 2.99. The first-order valence-corrected chi connectivity index (χ1v) is 9.36. The van der Waals surface area contributed by atoms with E-state index >= 15 is 0 Å². The number of benzene rings is 1. The summed E-state index contributed by atoms with van der Waals surface area (Å²) >= 11 is 12.7. The van der Waals surface area contributed by atoms with Gasteiger partial charge in [-0.05, 0) is 24.5 Å². The maximum atomic E-state index is 14.7. The molecule has 2 heterocycles. The van der Waals surface area contributed by atoms with Crippen LogP contribution in [0.1, 0.15) is 38.1 Å². The Labute approximate surface area is 171 Å². The summed E-state index contributed by atoms with van der Waals surface area (Å²) in [5, 5.41) is 7.72. The molecule has 6 nitrogen and oxygen atoms in total. The molecule has 0 radical (unpaired) electrons. The lowest BCUT2D eigenvalue weighted by Crippen LogP contribution is -2.32. The molecule has 9 heteroatoms. The normalized spacial score (nSPS) is 13.0. The highest BCUT2D eigenvalue weighted by atomic mass is 35.5. The molecular weight excluding hydrogens is 404 g/mol. The van der Waals surface area contributed by atoms with Gasteiger partial charge in [-0.3, -0.25) is 4.79 Å². The van der Waals surface area contributed by atoms with Crippen molar-refractivity contribution in [3.8, 4) is 11.1 Å². The molecule has 0 saturated heterocycles. The van der Waals surface area contributed by atoms with Crippen molar-refractivity contribution in [2.45, 2.75) is 33.7 Å². The number of hydrogen-bond acceptors (Lipinski definition) is 4. The van der Waals surface area contributed by atoms with Gasteiger partial charge in [0.1, 0.15) is 22.4 Å². The maximum Gasteiger partial charge on any atom is 0.254 e. The number of rotatable bonds is 4. The number of hydrogen-bond donors (Lipinski definition) is 2. The van der Waals surface area contributed by atoms with Crippen LogP contribution in [0.5, 0.6) is 0 Å². The van der Waals surface area contributed by atoms with E-state index in [1.807, 2.05) is 6.92 Å². The van der Waals surface area contributed by atoms with Gasteiger partial charge in [-0.2, -0.15) is 9.61 Å². The third-order valence-corrected chi connectivity index (χ3v) is 5.32. The lowest BCUT2D eigenvalue weighted by Gasteiger charge is -2.30. The summed E-state index contributed by atoms with van der Waals surface area (Å²) in [5.41, 5.74) is 5.92. The average molecular weight is 424 g/mol. The van der Waals surface area contributed by atoms with E-state index in [4.69, 9.17) is 28.9 Å². The third kappa shape index (κ3) is 3.52. The van der Waals surface area contributed by atoms with Gasteiger partial charge in [0.05, 0.1) is 16.8 Å². The van der Waals surface area contributed by atoms with E-state index in [1.165, 1.54) is 22.8 Å². The molecule has 1 aromatic carbocycles. The molecule has 0 aliphatic carbocycles. The monoisotopic (exact) mass is 423 g/mol. The first kappa shape index (κ1) is 20.4. The fourth-order valence-electron chi connectivity index (χ4n) is 2.65. The van der Waals surface area contributed by atoms with Gasteiger partial charge in [-0.25, -0.2) is 9.37 Å². The van der Waals surface area contributed by atoms with Crippen molar-refractivity contribution in [2.75, 3.05) is 5.32 Å². The van der Waals surface area contributed by atoms with Crippen molar-refractivity contribution < 1.29 is 9.18 Å². The topological polar surface area (TPSA) is 85.3 Å². The predicted octanol–water partition coefficient (Wildman–Crippen LogP) is 4.79. The highest BCUT2D eigenvalue weighted by Gasteiger charge is 2.28. The SMILES string of the molecule is CC(Nc1c(-c2c(F)cccc2Cl)c(Cl)nc2c(C(N)=O)cnn12)C(C)(C)C. The van der Waals surface area contributed by atoms with Crippen molar-refractivity contribution in [1.82, 2.24) is 14.6 Å². The van der Waals surface area contributed by atoms with Crippen LogP contribution in [0, 0.1) is 11.2 Å². The predicted molar refractivity (Wildman–Crippen MR) is 109 cm³/mol. The van der Waals surface area contributed by atoms with Gasteiger partial charge in [0.15, 0.2) is 5.65 Å². The molecule has 148 valence electrons. The Morgan fingerprint density at radius 2 is 1.96 bits per heavy atom. The maximum absolute atomic E-state index is 14.7. The number of carbonyl (C=O) groups is 1. The van der Waals surface area contributed by atoms with Gasteiger partial charge < -0.3 is 11.1 Å². The minimum atomic E-state index is -0.690. The van der Waals surface area contributed by atoms with Crippen molar-refractivity contribution in [2.24, 2.45) is 11.1 Å².